The topological polar surface area (TPSA) is 133 Å². The number of nitrogens with zero attached hydrogens (tertiary/aromatic N) is 5. The average molecular weight is 759 g/mol. The number of benzene rings is 1. The number of hydrogen-bond acceptors (Lipinski definition) is 9. The SMILES string of the molecule is CC(C)Oc1cc2nc(C3CCCCC3)cn2cc1C(=O)Nc1cccc(C(F)F)n1.CN(C)C1CCN(c2cccc(NC3CCC(=O)NC3=O)c2)CC1. The standard InChI is InChI=1S/C23H26F2N4O2.C18H26N4O2/c1-14(2)31-19-11-21-27-18(15-7-4-3-5-8-15)13-29(21)12-16(19)23(30)28-20-10-6-9-17(26-20)22(24)25;1-21(2)14-8-10-22(11-9-14)15-5-3-4-13(12-15)19-16-6-7-17(23)20-18(16)24/h6,9-15,22H,3-5,7-8H2,1-2H3,(H,26,28,30);3-5,12,14,16,19H,6-11H2,1-2H3,(H,20,23,24). The third kappa shape index (κ3) is 10.4. The highest BCUT2D eigenvalue weighted by Crippen LogP contribution is 2.33. The molecule has 2 aliphatic heterocycles. The summed E-state index contributed by atoms with van der Waals surface area (Å²) in [5.41, 5.74) is 3.75. The summed E-state index contributed by atoms with van der Waals surface area (Å²) in [6, 6.07) is 14.4. The molecule has 5 heterocycles. The Balaban J connectivity index is 0.000000193. The number of halogens is 2. The molecule has 0 bridgehead atoms. The van der Waals surface area contributed by atoms with Gasteiger partial charge in [0.15, 0.2) is 0 Å². The van der Waals surface area contributed by atoms with Crippen molar-refractivity contribution in [3.8, 4) is 5.75 Å². The molecule has 1 aromatic carbocycles. The van der Waals surface area contributed by atoms with Crippen molar-refractivity contribution in [3.63, 3.8) is 0 Å². The van der Waals surface area contributed by atoms with E-state index in [4.69, 9.17) is 9.72 Å². The van der Waals surface area contributed by atoms with E-state index in [9.17, 15) is 23.2 Å². The molecule has 12 nitrogen and oxygen atoms in total. The molecule has 4 aromatic rings. The van der Waals surface area contributed by atoms with Gasteiger partial charge in [0.25, 0.3) is 12.3 Å². The van der Waals surface area contributed by atoms with Crippen LogP contribution in [0.5, 0.6) is 5.75 Å². The molecule has 1 saturated carbocycles. The Morgan fingerprint density at radius 2 is 1.69 bits per heavy atom. The van der Waals surface area contributed by atoms with Gasteiger partial charge >= 0.3 is 0 Å². The maximum absolute atomic E-state index is 13.0. The number of nitrogens with one attached hydrogen (secondary N) is 3. The first kappa shape index (κ1) is 39.6. The maximum atomic E-state index is 13.0. The minimum absolute atomic E-state index is 0.0620. The highest BCUT2D eigenvalue weighted by molar-refractivity contribution is 6.06. The van der Waals surface area contributed by atoms with Gasteiger partial charge in [-0.3, -0.25) is 19.7 Å². The molecule has 1 aliphatic carbocycles. The Bertz CT molecular complexity index is 1950. The number of aromatic nitrogens is 3. The van der Waals surface area contributed by atoms with Crippen LogP contribution < -0.4 is 25.6 Å². The van der Waals surface area contributed by atoms with Crippen LogP contribution in [0.1, 0.15) is 106 Å². The van der Waals surface area contributed by atoms with E-state index in [1.165, 1.54) is 43.1 Å². The number of carbonyl (C=O) groups is 3. The number of amides is 3. The first-order valence-corrected chi connectivity index (χ1v) is 19.3. The number of hydrogen-bond donors (Lipinski definition) is 3. The number of piperidine rings is 2. The summed E-state index contributed by atoms with van der Waals surface area (Å²) in [6.07, 6.45) is 9.98. The van der Waals surface area contributed by atoms with Crippen LogP contribution in [0.2, 0.25) is 0 Å². The average Bonchev–Trinajstić information content (AvgIpc) is 3.59. The van der Waals surface area contributed by atoms with Crippen molar-refractivity contribution in [2.24, 2.45) is 0 Å². The number of fused-ring (bicyclic) bond motifs is 1. The van der Waals surface area contributed by atoms with Crippen molar-refractivity contribution >= 4 is 40.6 Å². The Morgan fingerprint density at radius 3 is 2.38 bits per heavy atom. The highest BCUT2D eigenvalue weighted by Gasteiger charge is 2.27. The Kier molecular flexibility index (Phi) is 13.0. The summed E-state index contributed by atoms with van der Waals surface area (Å²) in [7, 11) is 4.29. The minimum atomic E-state index is -2.71. The van der Waals surface area contributed by atoms with Crippen molar-refractivity contribution in [2.75, 3.05) is 42.7 Å². The molecule has 294 valence electrons. The van der Waals surface area contributed by atoms with Gasteiger partial charge in [-0.15, -0.1) is 0 Å². The molecule has 3 aliphatic rings. The van der Waals surface area contributed by atoms with Crippen LogP contribution in [0.4, 0.5) is 26.0 Å². The van der Waals surface area contributed by atoms with Gasteiger partial charge in [-0.05, 0) is 90.4 Å². The fourth-order valence-corrected chi connectivity index (χ4v) is 7.44. The van der Waals surface area contributed by atoms with Crippen LogP contribution in [0, 0.1) is 0 Å². The van der Waals surface area contributed by atoms with Crippen molar-refractivity contribution in [3.05, 3.63) is 77.9 Å². The summed E-state index contributed by atoms with van der Waals surface area (Å²) in [5, 5.41) is 8.25. The van der Waals surface area contributed by atoms with Crippen LogP contribution in [0.3, 0.4) is 0 Å². The molecule has 3 amide bonds. The molecule has 3 N–H and O–H groups in total. The molecule has 1 atom stereocenters. The molecule has 0 radical (unpaired) electrons. The molecule has 0 spiro atoms. The van der Waals surface area contributed by atoms with Gasteiger partial charge in [0.05, 0.1) is 17.4 Å². The Hall–Kier alpha value is -5.11. The number of pyridine rings is 2. The summed E-state index contributed by atoms with van der Waals surface area (Å²) >= 11 is 0. The molecule has 2 saturated heterocycles. The second kappa shape index (κ2) is 18.0. The number of carbonyl (C=O) groups excluding carboxylic acids is 3. The monoisotopic (exact) mass is 758 g/mol. The Labute approximate surface area is 321 Å². The zero-order valence-electron chi connectivity index (χ0n) is 32.1. The van der Waals surface area contributed by atoms with E-state index >= 15 is 0 Å². The first-order valence-electron chi connectivity index (χ1n) is 19.3. The van der Waals surface area contributed by atoms with E-state index in [-0.39, 0.29) is 35.3 Å². The summed E-state index contributed by atoms with van der Waals surface area (Å²) in [4.78, 5) is 49.4. The second-order valence-electron chi connectivity index (χ2n) is 15.1. The van der Waals surface area contributed by atoms with Gasteiger partial charge in [-0.25, -0.2) is 18.7 Å². The van der Waals surface area contributed by atoms with E-state index in [1.807, 2.05) is 36.6 Å². The number of rotatable bonds is 10. The van der Waals surface area contributed by atoms with Crippen molar-refractivity contribution < 1.29 is 27.9 Å². The molecule has 1 unspecified atom stereocenters. The summed E-state index contributed by atoms with van der Waals surface area (Å²) < 4.78 is 33.6. The Morgan fingerprint density at radius 1 is 0.945 bits per heavy atom. The predicted molar refractivity (Wildman–Crippen MR) is 209 cm³/mol. The largest absolute Gasteiger partial charge is 0.490 e. The minimum Gasteiger partial charge on any atom is -0.490 e. The number of imide groups is 1. The molecular formula is C41H52F2N8O4. The lowest BCUT2D eigenvalue weighted by molar-refractivity contribution is -0.133. The summed E-state index contributed by atoms with van der Waals surface area (Å²) in [6.45, 7) is 5.84. The lowest BCUT2D eigenvalue weighted by Gasteiger charge is -2.36. The van der Waals surface area contributed by atoms with E-state index in [0.717, 1.165) is 50.2 Å². The highest BCUT2D eigenvalue weighted by atomic mass is 19.3. The van der Waals surface area contributed by atoms with Gasteiger partial charge in [0, 0.05) is 61.3 Å². The van der Waals surface area contributed by atoms with E-state index in [0.29, 0.717) is 36.2 Å². The van der Waals surface area contributed by atoms with Crippen LogP contribution in [-0.4, -0.2) is 82.4 Å². The smallest absolute Gasteiger partial charge is 0.280 e. The van der Waals surface area contributed by atoms with Crippen LogP contribution >= 0.6 is 0 Å². The number of alkyl halides is 2. The lowest BCUT2D eigenvalue weighted by Crippen LogP contribution is -2.47. The van der Waals surface area contributed by atoms with Crippen LogP contribution in [0.25, 0.3) is 5.65 Å². The third-order valence-corrected chi connectivity index (χ3v) is 10.4. The zero-order chi connectivity index (χ0) is 39.1. The van der Waals surface area contributed by atoms with E-state index < -0.39 is 18.0 Å². The van der Waals surface area contributed by atoms with Gasteiger partial charge in [-0.1, -0.05) is 31.4 Å². The van der Waals surface area contributed by atoms with E-state index in [2.05, 4.69) is 57.0 Å². The van der Waals surface area contributed by atoms with Gasteiger partial charge in [-0.2, -0.15) is 0 Å². The van der Waals surface area contributed by atoms with Crippen LogP contribution in [0.15, 0.2) is 60.9 Å². The third-order valence-electron chi connectivity index (χ3n) is 10.4. The maximum Gasteiger partial charge on any atom is 0.280 e. The normalized spacial score (nSPS) is 18.3. The van der Waals surface area contributed by atoms with Gasteiger partial charge in [0.2, 0.25) is 11.8 Å². The number of ether oxygens (including phenoxy) is 1. The van der Waals surface area contributed by atoms with Crippen molar-refractivity contribution in [1.82, 2.24) is 24.6 Å². The van der Waals surface area contributed by atoms with Gasteiger partial charge in [0.1, 0.15) is 29.0 Å². The number of anilines is 3. The molecule has 55 heavy (non-hydrogen) atoms. The van der Waals surface area contributed by atoms with E-state index in [1.54, 1.807) is 12.3 Å². The molecule has 3 aromatic heterocycles. The fraction of sp³-hybridized carbons (Fsp3) is 0.488. The zero-order valence-corrected chi connectivity index (χ0v) is 32.1. The molecular weight excluding hydrogens is 706 g/mol. The van der Waals surface area contributed by atoms with Crippen LogP contribution in [-0.2, 0) is 9.59 Å². The van der Waals surface area contributed by atoms with Crippen molar-refractivity contribution in [1.29, 1.82) is 0 Å². The first-order chi connectivity index (χ1) is 26.4. The lowest BCUT2D eigenvalue weighted by atomic mass is 9.87. The van der Waals surface area contributed by atoms with Gasteiger partial charge < -0.3 is 29.6 Å². The van der Waals surface area contributed by atoms with Crippen molar-refractivity contribution in [2.45, 2.75) is 102 Å². The quantitative estimate of drug-likeness (QED) is 0.144. The predicted octanol–water partition coefficient (Wildman–Crippen LogP) is 7.19. The number of imidazole rings is 1. The second-order valence-corrected chi connectivity index (χ2v) is 15.1. The molecule has 7 rings (SSSR count). The molecule has 3 fully saturated rings. The molecule has 14 heteroatoms. The fourth-order valence-electron chi connectivity index (χ4n) is 7.44. The summed E-state index contributed by atoms with van der Waals surface area (Å²) in [5.74, 6) is -0.0113.